The highest BCUT2D eigenvalue weighted by molar-refractivity contribution is 5.78. The molecule has 5 aliphatic rings. The topological polar surface area (TPSA) is 44.8 Å². The lowest BCUT2D eigenvalue weighted by Gasteiger charge is -2.62. The minimum atomic E-state index is -0.608. The molecule has 4 aliphatic carbocycles. The average Bonchev–Trinajstić information content (AvgIpc) is 3.26. The van der Waals surface area contributed by atoms with Crippen molar-refractivity contribution in [1.29, 1.82) is 0 Å². The predicted molar refractivity (Wildman–Crippen MR) is 145 cm³/mol. The lowest BCUT2D eigenvalue weighted by molar-refractivity contribution is -0.489. The number of Topliss-reactive ketones (excluding diaryl/α,β-unsaturated/α-hetero) is 1. The maximum atomic E-state index is 12.3. The second kappa shape index (κ2) is 9.31. The maximum Gasteiger partial charge on any atom is 0.202 e. The summed E-state index contributed by atoms with van der Waals surface area (Å²) in [6.45, 7) is 13.9. The van der Waals surface area contributed by atoms with E-state index < -0.39 is 5.79 Å². The summed E-state index contributed by atoms with van der Waals surface area (Å²) in [5, 5.41) is 0. The summed E-state index contributed by atoms with van der Waals surface area (Å²) in [5.74, 6) is 3.52. The van der Waals surface area contributed by atoms with Gasteiger partial charge in [0.1, 0.15) is 11.9 Å². The van der Waals surface area contributed by atoms with Crippen LogP contribution in [0.1, 0.15) is 91.0 Å². The normalized spacial score (nSPS) is 45.9. The molecule has 4 heteroatoms. The summed E-state index contributed by atoms with van der Waals surface area (Å²) in [5.41, 5.74) is 2.67. The Morgan fingerprint density at radius 1 is 0.973 bits per heavy atom. The van der Waals surface area contributed by atoms with E-state index >= 15 is 0 Å². The zero-order chi connectivity index (χ0) is 26.0. The van der Waals surface area contributed by atoms with Crippen LogP contribution in [0.15, 0.2) is 36.9 Å². The summed E-state index contributed by atoms with van der Waals surface area (Å²) in [6.07, 6.45) is 10.4. The molecule has 6 rings (SSSR count). The largest absolute Gasteiger partial charge is 0.344 e. The maximum absolute atomic E-state index is 12.3. The molecular weight excluding hydrogens is 460 g/mol. The van der Waals surface area contributed by atoms with Gasteiger partial charge in [0, 0.05) is 18.8 Å². The van der Waals surface area contributed by atoms with Gasteiger partial charge in [-0.3, -0.25) is 4.79 Å². The fraction of sp³-hybridized carbons (Fsp3) is 0.727. The molecule has 37 heavy (non-hydrogen) atoms. The van der Waals surface area contributed by atoms with E-state index in [9.17, 15) is 4.79 Å². The Morgan fingerprint density at radius 2 is 1.73 bits per heavy atom. The third-order valence-electron chi connectivity index (χ3n) is 12.3. The van der Waals surface area contributed by atoms with Gasteiger partial charge in [-0.25, -0.2) is 9.78 Å². The Morgan fingerprint density at radius 3 is 2.43 bits per heavy atom. The van der Waals surface area contributed by atoms with E-state index in [-0.39, 0.29) is 12.0 Å². The summed E-state index contributed by atoms with van der Waals surface area (Å²) in [6, 6.07) is 10.2. The van der Waals surface area contributed by atoms with Gasteiger partial charge in [-0.1, -0.05) is 57.7 Å². The number of ether oxygens (including phenoxy) is 1. The van der Waals surface area contributed by atoms with Crippen LogP contribution < -0.4 is 0 Å². The van der Waals surface area contributed by atoms with Gasteiger partial charge in [-0.05, 0) is 103 Å². The highest BCUT2D eigenvalue weighted by atomic mass is 17.2. The van der Waals surface area contributed by atoms with E-state index in [4.69, 9.17) is 14.5 Å². The fourth-order valence-electron chi connectivity index (χ4n) is 9.97. The Labute approximate surface area is 223 Å². The SMILES string of the molecule is C=C(c1ccccc1)[C@@H]1CO[C@@]2(CC[C@@]3(C)[C@H](CC[C@@H]4[C@@H]3CC[C@]3(C)[C@@H]([C@H](C)C(C)=O)CC[C@@H]43)C2)OO1. The van der Waals surface area contributed by atoms with Gasteiger partial charge in [0.2, 0.25) is 5.79 Å². The van der Waals surface area contributed by atoms with Crippen LogP contribution >= 0.6 is 0 Å². The molecule has 0 aromatic heterocycles. The Balaban J connectivity index is 1.13. The Bertz CT molecular complexity index is 1030. The van der Waals surface area contributed by atoms with Crippen molar-refractivity contribution >= 4 is 11.4 Å². The number of fused-ring (bicyclic) bond motifs is 5. The highest BCUT2D eigenvalue weighted by Crippen LogP contribution is 2.69. The molecular formula is C33H46O4. The summed E-state index contributed by atoms with van der Waals surface area (Å²) in [7, 11) is 0. The van der Waals surface area contributed by atoms with Crippen molar-refractivity contribution in [2.24, 2.45) is 46.3 Å². The number of rotatable bonds is 4. The smallest absolute Gasteiger partial charge is 0.202 e. The van der Waals surface area contributed by atoms with Crippen molar-refractivity contribution in [2.75, 3.05) is 6.61 Å². The molecule has 1 spiro atoms. The number of benzene rings is 1. The molecule has 1 aromatic carbocycles. The first-order valence-electron chi connectivity index (χ1n) is 14.9. The van der Waals surface area contributed by atoms with Crippen LogP contribution in [0.4, 0.5) is 0 Å². The Kier molecular flexibility index (Phi) is 6.49. The molecule has 0 radical (unpaired) electrons. The number of hydrogen-bond donors (Lipinski definition) is 0. The highest BCUT2D eigenvalue weighted by Gasteiger charge is 2.63. The molecule has 0 N–H and O–H groups in total. The van der Waals surface area contributed by atoms with Crippen LogP contribution in [0.25, 0.3) is 5.57 Å². The molecule has 0 bridgehead atoms. The van der Waals surface area contributed by atoms with Crippen LogP contribution in [0.3, 0.4) is 0 Å². The van der Waals surface area contributed by atoms with Gasteiger partial charge in [0.05, 0.1) is 6.61 Å². The van der Waals surface area contributed by atoms with Gasteiger partial charge in [0.15, 0.2) is 0 Å². The van der Waals surface area contributed by atoms with E-state index in [1.807, 2.05) is 18.2 Å². The quantitative estimate of drug-likeness (QED) is 0.394. The summed E-state index contributed by atoms with van der Waals surface area (Å²) < 4.78 is 6.50. The van der Waals surface area contributed by atoms with Gasteiger partial charge >= 0.3 is 0 Å². The zero-order valence-corrected chi connectivity index (χ0v) is 23.3. The van der Waals surface area contributed by atoms with Gasteiger partial charge in [-0.2, -0.15) is 0 Å². The molecule has 1 heterocycles. The second-order valence-corrected chi connectivity index (χ2v) is 13.8. The molecule has 5 fully saturated rings. The molecule has 1 aromatic rings. The molecule has 1 aliphatic heterocycles. The van der Waals surface area contributed by atoms with Crippen molar-refractivity contribution in [3.05, 3.63) is 42.5 Å². The number of ketones is 1. The average molecular weight is 507 g/mol. The van der Waals surface area contributed by atoms with Crippen molar-refractivity contribution in [3.63, 3.8) is 0 Å². The molecule has 4 nitrogen and oxygen atoms in total. The van der Waals surface area contributed by atoms with E-state index in [0.717, 1.165) is 48.2 Å². The van der Waals surface area contributed by atoms with Crippen molar-refractivity contribution in [2.45, 2.75) is 97.4 Å². The van der Waals surface area contributed by atoms with Crippen molar-refractivity contribution in [1.82, 2.24) is 0 Å². The lowest BCUT2D eigenvalue weighted by atomic mass is 9.44. The van der Waals surface area contributed by atoms with Crippen LogP contribution in [-0.4, -0.2) is 24.3 Å². The van der Waals surface area contributed by atoms with Gasteiger partial charge < -0.3 is 4.74 Å². The number of carbonyl (C=O) groups is 1. The zero-order valence-electron chi connectivity index (χ0n) is 23.3. The first kappa shape index (κ1) is 25.8. The van der Waals surface area contributed by atoms with Gasteiger partial charge in [0.25, 0.3) is 0 Å². The third-order valence-corrected chi connectivity index (χ3v) is 12.3. The predicted octanol–water partition coefficient (Wildman–Crippen LogP) is 7.63. The van der Waals surface area contributed by atoms with Crippen LogP contribution in [0.5, 0.6) is 0 Å². The first-order valence-corrected chi connectivity index (χ1v) is 14.9. The van der Waals surface area contributed by atoms with E-state index in [1.165, 1.54) is 38.5 Å². The summed E-state index contributed by atoms with van der Waals surface area (Å²) >= 11 is 0. The molecule has 0 amide bonds. The molecule has 1 saturated heterocycles. The number of hydrogen-bond acceptors (Lipinski definition) is 4. The third kappa shape index (κ3) is 4.08. The van der Waals surface area contributed by atoms with Crippen molar-refractivity contribution in [3.8, 4) is 0 Å². The molecule has 202 valence electrons. The van der Waals surface area contributed by atoms with Crippen LogP contribution in [0, 0.1) is 46.3 Å². The minimum absolute atomic E-state index is 0.204. The van der Waals surface area contributed by atoms with E-state index in [2.05, 4.69) is 39.5 Å². The minimum Gasteiger partial charge on any atom is -0.344 e. The van der Waals surface area contributed by atoms with Crippen LogP contribution in [0.2, 0.25) is 0 Å². The van der Waals surface area contributed by atoms with E-state index in [0.29, 0.717) is 35.1 Å². The Hall–Kier alpha value is -1.49. The standard InChI is InChI=1S/C33H46O4/c1-21(23(3)34)27-13-14-28-26-12-11-25-19-33(18-17-31(25,4)29(26)15-16-32(27,28)5)35-20-30(36-37-33)22(2)24-9-7-6-8-10-24/h6-10,21,25-30H,2,11-20H2,1,3-5H3/t21-,25-,26+,27-,28+,29+,30+,31+,32-,33+/m1/s1. The molecule has 0 unspecified atom stereocenters. The van der Waals surface area contributed by atoms with Crippen molar-refractivity contribution < 1.29 is 19.3 Å². The summed E-state index contributed by atoms with van der Waals surface area (Å²) in [4.78, 5) is 24.4. The first-order chi connectivity index (χ1) is 17.7. The van der Waals surface area contributed by atoms with Crippen LogP contribution in [-0.2, 0) is 19.3 Å². The monoisotopic (exact) mass is 506 g/mol. The van der Waals surface area contributed by atoms with E-state index in [1.54, 1.807) is 6.92 Å². The van der Waals surface area contributed by atoms with Gasteiger partial charge in [-0.15, -0.1) is 0 Å². The number of carbonyl (C=O) groups excluding carboxylic acids is 1. The lowest BCUT2D eigenvalue weighted by Crippen LogP contribution is -2.58. The molecule has 10 atom stereocenters. The second-order valence-electron chi connectivity index (χ2n) is 13.8. The fourth-order valence-corrected chi connectivity index (χ4v) is 9.97. The molecule has 4 saturated carbocycles.